The van der Waals surface area contributed by atoms with E-state index in [-0.39, 0.29) is 46.9 Å². The minimum absolute atomic E-state index is 0.0962. The van der Waals surface area contributed by atoms with E-state index in [0.29, 0.717) is 30.8 Å². The van der Waals surface area contributed by atoms with Crippen LogP contribution in [-0.4, -0.2) is 98.1 Å². The van der Waals surface area contributed by atoms with E-state index in [1.165, 1.54) is 34.1 Å². The number of carbonyl (C=O) groups excluding carboxylic acids is 4. The van der Waals surface area contributed by atoms with Gasteiger partial charge >= 0.3 is 6.18 Å². The fraction of sp³-hybridized carbons (Fsp3) is 0.308. The normalized spacial score (nSPS) is 17.4. The second-order valence-electron chi connectivity index (χ2n) is 14.2. The lowest BCUT2D eigenvalue weighted by molar-refractivity contribution is -0.137. The SMILES string of the molecule is O=C1CCC(N2Cc3cc(CN4CCN(c5ccc(-n6cc(NC(=O)c7coc(-c8ccnc(NCC(F)(F)F)c8)n7)c(C(F)F)n6)cc5)CC4)ccc3C2=O)C(=O)N1. The van der Waals surface area contributed by atoms with Crippen LogP contribution in [0.2, 0.25) is 0 Å². The van der Waals surface area contributed by atoms with Gasteiger partial charge in [0.15, 0.2) is 11.4 Å². The standard InChI is InChI=1S/C39H35F5N10O5/c40-34(41)33-28(47-35(56)29-20-59-37(48-29)23-9-10-45-31(16-23)46-21-39(42,43)44)19-54(50-33)26-4-2-25(3-5-26)52-13-11-51(12-14-52)17-22-1-6-27-24(15-22)18-53(38(27)58)30-7-8-32(55)49-36(30)57/h1-6,9-10,15-16,19-20,30,34H,7-8,11-14,17-18,21H2,(H,45,46)(H,47,56)(H,49,55,57). The Hall–Kier alpha value is -6.70. The maximum Gasteiger partial charge on any atom is 0.405 e. The van der Waals surface area contributed by atoms with Gasteiger partial charge in [-0.1, -0.05) is 12.1 Å². The first-order valence-corrected chi connectivity index (χ1v) is 18.5. The molecule has 1 unspecified atom stereocenters. The molecule has 3 N–H and O–H groups in total. The van der Waals surface area contributed by atoms with Crippen LogP contribution in [0.5, 0.6) is 0 Å². The Kier molecular flexibility index (Phi) is 10.6. The molecule has 6 heterocycles. The highest BCUT2D eigenvalue weighted by molar-refractivity contribution is 6.05. The van der Waals surface area contributed by atoms with Gasteiger partial charge in [0.2, 0.25) is 17.7 Å². The topological polar surface area (TPSA) is 171 Å². The Morgan fingerprint density at radius 3 is 2.47 bits per heavy atom. The Morgan fingerprint density at radius 1 is 0.983 bits per heavy atom. The molecule has 3 aliphatic heterocycles. The molecule has 4 amide bonds. The summed E-state index contributed by atoms with van der Waals surface area (Å²) in [4.78, 5) is 64.0. The van der Waals surface area contributed by atoms with E-state index >= 15 is 0 Å². The van der Waals surface area contributed by atoms with Gasteiger partial charge in [0.25, 0.3) is 18.2 Å². The third-order valence-electron chi connectivity index (χ3n) is 10.3. The molecule has 20 heteroatoms. The third kappa shape index (κ3) is 8.62. The summed E-state index contributed by atoms with van der Waals surface area (Å²) in [5, 5.41) is 10.9. The zero-order chi connectivity index (χ0) is 41.4. The molecule has 306 valence electrons. The summed E-state index contributed by atoms with van der Waals surface area (Å²) in [6.07, 6.45) is -3.50. The molecule has 1 atom stereocenters. The number of benzene rings is 2. The lowest BCUT2D eigenvalue weighted by Gasteiger charge is -2.36. The molecule has 3 aromatic heterocycles. The monoisotopic (exact) mass is 818 g/mol. The van der Waals surface area contributed by atoms with Crippen molar-refractivity contribution < 1.29 is 45.5 Å². The third-order valence-corrected chi connectivity index (χ3v) is 10.3. The van der Waals surface area contributed by atoms with Gasteiger partial charge in [-0.05, 0) is 60.0 Å². The molecule has 0 radical (unpaired) electrons. The quantitative estimate of drug-likeness (QED) is 0.119. The van der Waals surface area contributed by atoms with Crippen molar-refractivity contribution in [1.29, 1.82) is 0 Å². The van der Waals surface area contributed by atoms with Gasteiger partial charge in [0, 0.05) is 68.7 Å². The Bertz CT molecular complexity index is 2410. The lowest BCUT2D eigenvalue weighted by atomic mass is 10.0. The number of piperazine rings is 1. The number of oxazole rings is 1. The predicted molar refractivity (Wildman–Crippen MR) is 201 cm³/mol. The van der Waals surface area contributed by atoms with Crippen LogP contribution >= 0.6 is 0 Å². The fourth-order valence-electron chi connectivity index (χ4n) is 7.29. The summed E-state index contributed by atoms with van der Waals surface area (Å²) in [7, 11) is 0. The van der Waals surface area contributed by atoms with Crippen LogP contribution < -0.4 is 20.9 Å². The van der Waals surface area contributed by atoms with E-state index in [1.54, 1.807) is 18.2 Å². The van der Waals surface area contributed by atoms with Gasteiger partial charge in [-0.2, -0.15) is 18.3 Å². The molecule has 59 heavy (non-hydrogen) atoms. The maximum atomic E-state index is 14.1. The molecule has 0 bridgehead atoms. The van der Waals surface area contributed by atoms with Crippen LogP contribution in [0.1, 0.15) is 56.9 Å². The van der Waals surface area contributed by atoms with E-state index in [0.717, 1.165) is 49.3 Å². The largest absolute Gasteiger partial charge is 0.444 e. The van der Waals surface area contributed by atoms with Crippen LogP contribution in [0.3, 0.4) is 0 Å². The van der Waals surface area contributed by atoms with Crippen molar-refractivity contribution in [2.75, 3.05) is 48.3 Å². The highest BCUT2D eigenvalue weighted by Crippen LogP contribution is 2.31. The zero-order valence-electron chi connectivity index (χ0n) is 31.0. The van der Waals surface area contributed by atoms with Crippen LogP contribution in [0, 0.1) is 0 Å². The van der Waals surface area contributed by atoms with E-state index in [1.807, 2.05) is 24.3 Å². The van der Waals surface area contributed by atoms with Gasteiger partial charge in [0.05, 0.1) is 17.6 Å². The van der Waals surface area contributed by atoms with Crippen molar-refractivity contribution in [3.63, 3.8) is 0 Å². The number of nitrogens with one attached hydrogen (secondary N) is 3. The molecule has 3 aliphatic rings. The fourth-order valence-corrected chi connectivity index (χ4v) is 7.29. The number of anilines is 3. The Balaban J connectivity index is 0.862. The second kappa shape index (κ2) is 15.9. The van der Waals surface area contributed by atoms with Crippen LogP contribution in [0.25, 0.3) is 17.1 Å². The molecule has 15 nitrogen and oxygen atoms in total. The number of hydrogen-bond donors (Lipinski definition) is 3. The van der Waals surface area contributed by atoms with Gasteiger partial charge in [-0.25, -0.2) is 23.4 Å². The first-order valence-electron chi connectivity index (χ1n) is 18.5. The average Bonchev–Trinajstić information content (AvgIpc) is 3.96. The van der Waals surface area contributed by atoms with Crippen LogP contribution in [0.15, 0.2) is 77.7 Å². The number of hydrogen-bond acceptors (Lipinski definition) is 11. The molecule has 5 aromatic rings. The maximum absolute atomic E-state index is 14.1. The molecule has 2 saturated heterocycles. The first-order chi connectivity index (χ1) is 28.3. The molecule has 0 saturated carbocycles. The smallest absolute Gasteiger partial charge is 0.405 e. The highest BCUT2D eigenvalue weighted by atomic mass is 19.4. The summed E-state index contributed by atoms with van der Waals surface area (Å²) < 4.78 is 72.5. The number of aromatic nitrogens is 4. The van der Waals surface area contributed by atoms with E-state index in [9.17, 15) is 41.1 Å². The number of alkyl halides is 5. The number of halogens is 5. The van der Waals surface area contributed by atoms with Crippen molar-refractivity contribution in [1.82, 2.24) is 34.9 Å². The van der Waals surface area contributed by atoms with Gasteiger partial charge < -0.3 is 24.9 Å². The Morgan fingerprint density at radius 2 is 1.75 bits per heavy atom. The van der Waals surface area contributed by atoms with Crippen molar-refractivity contribution >= 4 is 40.8 Å². The minimum Gasteiger partial charge on any atom is -0.444 e. The van der Waals surface area contributed by atoms with Crippen molar-refractivity contribution in [2.45, 2.75) is 44.6 Å². The zero-order valence-corrected chi connectivity index (χ0v) is 31.0. The number of piperidine rings is 1. The molecular weight excluding hydrogens is 783 g/mol. The average molecular weight is 819 g/mol. The number of rotatable bonds is 11. The summed E-state index contributed by atoms with van der Waals surface area (Å²) in [5.74, 6) is -2.05. The molecule has 2 aromatic carbocycles. The summed E-state index contributed by atoms with van der Waals surface area (Å²) in [5.41, 5.74) is 2.91. The summed E-state index contributed by atoms with van der Waals surface area (Å²) in [6, 6.07) is 14.9. The van der Waals surface area contributed by atoms with Gasteiger partial charge in [-0.15, -0.1) is 0 Å². The van der Waals surface area contributed by atoms with E-state index < -0.39 is 42.7 Å². The van der Waals surface area contributed by atoms with Crippen molar-refractivity contribution in [3.05, 3.63) is 101 Å². The van der Waals surface area contributed by atoms with Gasteiger partial charge in [0.1, 0.15) is 24.7 Å². The molecule has 0 spiro atoms. The number of imide groups is 1. The number of amides is 4. The van der Waals surface area contributed by atoms with Crippen molar-refractivity contribution in [2.24, 2.45) is 0 Å². The van der Waals surface area contributed by atoms with Crippen molar-refractivity contribution in [3.8, 4) is 17.1 Å². The molecule has 8 rings (SSSR count). The van der Waals surface area contributed by atoms with Crippen LogP contribution in [0.4, 0.5) is 39.1 Å². The minimum atomic E-state index is -4.47. The lowest BCUT2D eigenvalue weighted by Crippen LogP contribution is -2.52. The number of fused-ring (bicyclic) bond motifs is 1. The highest BCUT2D eigenvalue weighted by Gasteiger charge is 2.39. The molecular formula is C39H35F5N10O5. The number of nitrogens with zero attached hydrogens (tertiary/aromatic N) is 7. The van der Waals surface area contributed by atoms with E-state index in [2.05, 4.69) is 40.8 Å². The number of carbonyl (C=O) groups is 4. The Labute approximate surface area is 332 Å². The number of pyridine rings is 1. The molecule has 2 fully saturated rings. The first kappa shape index (κ1) is 39.1. The second-order valence-corrected chi connectivity index (χ2v) is 14.2. The van der Waals surface area contributed by atoms with Gasteiger partial charge in [-0.3, -0.25) is 29.4 Å². The predicted octanol–water partition coefficient (Wildman–Crippen LogP) is 5.17. The van der Waals surface area contributed by atoms with E-state index in [4.69, 9.17) is 4.42 Å². The summed E-state index contributed by atoms with van der Waals surface area (Å²) >= 11 is 0. The summed E-state index contributed by atoms with van der Waals surface area (Å²) in [6.45, 7) is 2.64. The molecule has 0 aliphatic carbocycles. The van der Waals surface area contributed by atoms with Crippen LogP contribution in [-0.2, 0) is 22.7 Å².